The van der Waals surface area contributed by atoms with Crippen LogP contribution in [0.4, 0.5) is 0 Å². The van der Waals surface area contributed by atoms with Crippen LogP contribution in [0.3, 0.4) is 0 Å². The Morgan fingerprint density at radius 2 is 1.82 bits per heavy atom. The van der Waals surface area contributed by atoms with Crippen LogP contribution in [0.5, 0.6) is 0 Å². The van der Waals surface area contributed by atoms with E-state index >= 15 is 0 Å². The molecule has 1 heterocycles. The lowest BCUT2D eigenvalue weighted by Crippen LogP contribution is -2.50. The third-order valence-corrected chi connectivity index (χ3v) is 3.86. The number of carbonyl (C=O) groups excluding carboxylic acids is 1. The molecular weight excluding hydrogens is 214 g/mol. The Bertz CT molecular complexity index is 233. The molecule has 0 aliphatic carbocycles. The van der Waals surface area contributed by atoms with Crippen LogP contribution in [-0.2, 0) is 4.79 Å². The van der Waals surface area contributed by atoms with E-state index in [0.29, 0.717) is 6.04 Å². The molecule has 0 unspecified atom stereocenters. The Labute approximate surface area is 105 Å². The molecule has 4 heteroatoms. The van der Waals surface area contributed by atoms with Gasteiger partial charge in [-0.15, -0.1) is 0 Å². The van der Waals surface area contributed by atoms with Gasteiger partial charge in [0.1, 0.15) is 0 Å². The van der Waals surface area contributed by atoms with E-state index < -0.39 is 0 Å². The Morgan fingerprint density at radius 3 is 2.24 bits per heavy atom. The average molecular weight is 241 g/mol. The second-order valence-corrected chi connectivity index (χ2v) is 4.79. The van der Waals surface area contributed by atoms with E-state index in [1.165, 1.54) is 0 Å². The SMILES string of the molecule is CC[C@@H](N)C(=O)N1CCC(N(CC)CC)CC1. The molecule has 1 rings (SSSR count). The predicted molar refractivity (Wildman–Crippen MR) is 70.8 cm³/mol. The molecule has 1 fully saturated rings. The van der Waals surface area contributed by atoms with E-state index in [1.54, 1.807) is 0 Å². The molecule has 1 aliphatic rings. The summed E-state index contributed by atoms with van der Waals surface area (Å²) in [5, 5.41) is 0. The first-order valence-electron chi connectivity index (χ1n) is 6.92. The van der Waals surface area contributed by atoms with E-state index in [0.717, 1.165) is 45.4 Å². The van der Waals surface area contributed by atoms with Crippen LogP contribution in [0.25, 0.3) is 0 Å². The van der Waals surface area contributed by atoms with Crippen LogP contribution in [-0.4, -0.2) is 54.0 Å². The maximum atomic E-state index is 11.9. The summed E-state index contributed by atoms with van der Waals surface area (Å²) in [5.74, 6) is 0.130. The topological polar surface area (TPSA) is 49.6 Å². The molecule has 100 valence electrons. The highest BCUT2D eigenvalue weighted by Crippen LogP contribution is 2.17. The lowest BCUT2D eigenvalue weighted by Gasteiger charge is -2.38. The number of piperidine rings is 1. The summed E-state index contributed by atoms with van der Waals surface area (Å²) in [4.78, 5) is 16.4. The van der Waals surface area contributed by atoms with Crippen LogP contribution in [0, 0.1) is 0 Å². The van der Waals surface area contributed by atoms with Gasteiger partial charge < -0.3 is 15.5 Å². The highest BCUT2D eigenvalue weighted by atomic mass is 16.2. The number of nitrogens with zero attached hydrogens (tertiary/aromatic N) is 2. The van der Waals surface area contributed by atoms with Gasteiger partial charge in [-0.25, -0.2) is 0 Å². The fourth-order valence-corrected chi connectivity index (χ4v) is 2.60. The molecule has 1 amide bonds. The smallest absolute Gasteiger partial charge is 0.239 e. The number of likely N-dealkylation sites (tertiary alicyclic amines) is 1. The first-order valence-corrected chi connectivity index (χ1v) is 6.92. The van der Waals surface area contributed by atoms with Crippen molar-refractivity contribution in [2.75, 3.05) is 26.2 Å². The number of amides is 1. The Balaban J connectivity index is 2.42. The minimum atomic E-state index is -0.306. The molecular formula is C13H27N3O. The molecule has 0 aromatic heterocycles. The van der Waals surface area contributed by atoms with Crippen molar-refractivity contribution in [2.24, 2.45) is 5.73 Å². The van der Waals surface area contributed by atoms with Gasteiger partial charge in [0.2, 0.25) is 5.91 Å². The summed E-state index contributed by atoms with van der Waals surface area (Å²) in [6.07, 6.45) is 2.91. The first kappa shape index (κ1) is 14.5. The summed E-state index contributed by atoms with van der Waals surface area (Å²) >= 11 is 0. The normalized spacial score (nSPS) is 19.7. The van der Waals surface area contributed by atoms with Crippen molar-refractivity contribution < 1.29 is 4.79 Å². The van der Waals surface area contributed by atoms with Gasteiger partial charge in [0.25, 0.3) is 0 Å². The third kappa shape index (κ3) is 3.68. The van der Waals surface area contributed by atoms with Gasteiger partial charge in [-0.2, -0.15) is 0 Å². The maximum absolute atomic E-state index is 11.9. The van der Waals surface area contributed by atoms with Crippen molar-refractivity contribution in [2.45, 2.75) is 52.1 Å². The Morgan fingerprint density at radius 1 is 1.29 bits per heavy atom. The van der Waals surface area contributed by atoms with E-state index in [9.17, 15) is 4.79 Å². The van der Waals surface area contributed by atoms with E-state index in [2.05, 4.69) is 18.7 Å². The quantitative estimate of drug-likeness (QED) is 0.783. The van der Waals surface area contributed by atoms with Crippen molar-refractivity contribution in [1.82, 2.24) is 9.80 Å². The van der Waals surface area contributed by atoms with Crippen LogP contribution in [0.2, 0.25) is 0 Å². The Kier molecular flexibility index (Phi) is 5.92. The second-order valence-electron chi connectivity index (χ2n) is 4.79. The zero-order chi connectivity index (χ0) is 12.8. The zero-order valence-corrected chi connectivity index (χ0v) is 11.5. The van der Waals surface area contributed by atoms with Crippen molar-refractivity contribution in [3.8, 4) is 0 Å². The van der Waals surface area contributed by atoms with Crippen molar-refractivity contribution in [3.63, 3.8) is 0 Å². The summed E-state index contributed by atoms with van der Waals surface area (Å²) in [5.41, 5.74) is 5.79. The molecule has 4 nitrogen and oxygen atoms in total. The fourth-order valence-electron chi connectivity index (χ4n) is 2.60. The van der Waals surface area contributed by atoms with E-state index in [4.69, 9.17) is 5.73 Å². The highest BCUT2D eigenvalue weighted by molar-refractivity contribution is 5.81. The predicted octanol–water partition coefficient (Wildman–Crippen LogP) is 1.06. The van der Waals surface area contributed by atoms with Gasteiger partial charge in [-0.05, 0) is 32.4 Å². The van der Waals surface area contributed by atoms with Gasteiger partial charge in [-0.3, -0.25) is 4.79 Å². The third-order valence-electron chi connectivity index (χ3n) is 3.86. The average Bonchev–Trinajstić information content (AvgIpc) is 2.39. The Hall–Kier alpha value is -0.610. The van der Waals surface area contributed by atoms with Crippen molar-refractivity contribution in [1.29, 1.82) is 0 Å². The molecule has 0 saturated carbocycles. The van der Waals surface area contributed by atoms with Gasteiger partial charge in [0.05, 0.1) is 6.04 Å². The highest BCUT2D eigenvalue weighted by Gasteiger charge is 2.27. The summed E-state index contributed by atoms with van der Waals surface area (Å²) in [6, 6.07) is 0.340. The van der Waals surface area contributed by atoms with Gasteiger partial charge in [0.15, 0.2) is 0 Å². The summed E-state index contributed by atoms with van der Waals surface area (Å²) in [7, 11) is 0. The molecule has 0 aromatic carbocycles. The lowest BCUT2D eigenvalue weighted by molar-refractivity contribution is -0.134. The van der Waals surface area contributed by atoms with Crippen LogP contribution in [0.15, 0.2) is 0 Å². The number of hydrogen-bond acceptors (Lipinski definition) is 3. The maximum Gasteiger partial charge on any atom is 0.239 e. The molecule has 1 aliphatic heterocycles. The monoisotopic (exact) mass is 241 g/mol. The van der Waals surface area contributed by atoms with Crippen molar-refractivity contribution >= 4 is 5.91 Å². The number of nitrogens with two attached hydrogens (primary N) is 1. The summed E-state index contributed by atoms with van der Waals surface area (Å²) < 4.78 is 0. The number of rotatable bonds is 5. The number of carbonyl (C=O) groups is 1. The number of hydrogen-bond donors (Lipinski definition) is 1. The molecule has 0 radical (unpaired) electrons. The van der Waals surface area contributed by atoms with Gasteiger partial charge in [0, 0.05) is 19.1 Å². The largest absolute Gasteiger partial charge is 0.341 e. The first-order chi connectivity index (χ1) is 8.13. The minimum Gasteiger partial charge on any atom is -0.341 e. The molecule has 1 saturated heterocycles. The second kappa shape index (κ2) is 6.97. The van der Waals surface area contributed by atoms with Gasteiger partial charge in [-0.1, -0.05) is 20.8 Å². The lowest BCUT2D eigenvalue weighted by atomic mass is 10.0. The van der Waals surface area contributed by atoms with Crippen LogP contribution >= 0.6 is 0 Å². The van der Waals surface area contributed by atoms with Gasteiger partial charge >= 0.3 is 0 Å². The molecule has 1 atom stereocenters. The fraction of sp³-hybridized carbons (Fsp3) is 0.923. The standard InChI is InChI=1S/C13H27N3O/c1-4-12(14)13(17)16-9-7-11(8-10-16)15(5-2)6-3/h11-12H,4-10,14H2,1-3H3/t12-/m1/s1. The minimum absolute atomic E-state index is 0.130. The molecule has 0 spiro atoms. The van der Waals surface area contributed by atoms with E-state index in [-0.39, 0.29) is 11.9 Å². The van der Waals surface area contributed by atoms with Crippen LogP contribution in [0.1, 0.15) is 40.0 Å². The molecule has 0 aromatic rings. The molecule has 2 N–H and O–H groups in total. The zero-order valence-electron chi connectivity index (χ0n) is 11.5. The molecule has 0 bridgehead atoms. The van der Waals surface area contributed by atoms with Crippen molar-refractivity contribution in [3.05, 3.63) is 0 Å². The molecule has 17 heavy (non-hydrogen) atoms. The van der Waals surface area contributed by atoms with E-state index in [1.807, 2.05) is 11.8 Å². The summed E-state index contributed by atoms with van der Waals surface area (Å²) in [6.45, 7) is 10.3. The van der Waals surface area contributed by atoms with Crippen LogP contribution < -0.4 is 5.73 Å².